The third-order valence-corrected chi connectivity index (χ3v) is 3.76. The Balaban J connectivity index is 1.93. The first-order valence-electron chi connectivity index (χ1n) is 8.34. The fraction of sp³-hybridized carbons (Fsp3) is 0.300. The molecular formula is C20H24N2O2S. The molecule has 2 aromatic rings. The van der Waals surface area contributed by atoms with Crippen LogP contribution in [0.5, 0.6) is 0 Å². The number of ether oxygens (including phenoxy) is 1. The molecule has 0 aliphatic rings. The number of esters is 1. The number of hydrogen-bond acceptors (Lipinski definition) is 3. The van der Waals surface area contributed by atoms with Gasteiger partial charge in [-0.25, -0.2) is 4.79 Å². The predicted octanol–water partition coefficient (Wildman–Crippen LogP) is 5.18. The predicted molar refractivity (Wildman–Crippen MR) is 107 cm³/mol. The van der Waals surface area contributed by atoms with E-state index >= 15 is 0 Å². The number of benzene rings is 2. The number of thiocarbonyl (C=S) groups is 1. The summed E-state index contributed by atoms with van der Waals surface area (Å²) in [5.41, 5.74) is 3.53. The van der Waals surface area contributed by atoms with E-state index in [1.807, 2.05) is 26.0 Å². The summed E-state index contributed by atoms with van der Waals surface area (Å²) < 4.78 is 5.17. The second-order valence-corrected chi connectivity index (χ2v) is 6.80. The molecule has 0 fully saturated rings. The van der Waals surface area contributed by atoms with Crippen molar-refractivity contribution in [3.8, 4) is 0 Å². The van der Waals surface area contributed by atoms with Crippen LogP contribution in [-0.4, -0.2) is 17.2 Å². The average molecular weight is 356 g/mol. The minimum atomic E-state index is -0.326. The molecule has 0 heterocycles. The van der Waals surface area contributed by atoms with Gasteiger partial charge in [0, 0.05) is 11.4 Å². The van der Waals surface area contributed by atoms with Crippen LogP contribution in [0.3, 0.4) is 0 Å². The Hall–Kier alpha value is -2.40. The summed E-state index contributed by atoms with van der Waals surface area (Å²) in [6.45, 7) is 7.97. The highest BCUT2D eigenvalue weighted by molar-refractivity contribution is 7.80. The smallest absolute Gasteiger partial charge is 0.338 e. The van der Waals surface area contributed by atoms with E-state index in [2.05, 4.69) is 36.6 Å². The molecule has 0 spiro atoms. The molecule has 0 radical (unpaired) electrons. The van der Waals surface area contributed by atoms with E-state index in [-0.39, 0.29) is 12.1 Å². The summed E-state index contributed by atoms with van der Waals surface area (Å²) in [4.78, 5) is 11.8. The molecule has 0 bridgehead atoms. The fourth-order valence-corrected chi connectivity index (χ4v) is 2.45. The molecule has 0 aromatic heterocycles. The van der Waals surface area contributed by atoms with Gasteiger partial charge in [-0.1, -0.05) is 26.0 Å². The van der Waals surface area contributed by atoms with E-state index in [1.54, 1.807) is 24.3 Å². The van der Waals surface area contributed by atoms with Crippen LogP contribution in [0.4, 0.5) is 11.4 Å². The Morgan fingerprint density at radius 3 is 1.80 bits per heavy atom. The van der Waals surface area contributed by atoms with Crippen LogP contribution in [0.15, 0.2) is 48.5 Å². The van der Waals surface area contributed by atoms with E-state index in [0.717, 1.165) is 11.4 Å². The first-order valence-corrected chi connectivity index (χ1v) is 8.75. The van der Waals surface area contributed by atoms with Crippen molar-refractivity contribution in [3.63, 3.8) is 0 Å². The van der Waals surface area contributed by atoms with Crippen LogP contribution in [0, 0.1) is 0 Å². The lowest BCUT2D eigenvalue weighted by Crippen LogP contribution is -2.19. The number of hydrogen-bond donors (Lipinski definition) is 2. The number of carbonyl (C=O) groups is 1. The van der Waals surface area contributed by atoms with Gasteiger partial charge in [0.15, 0.2) is 5.11 Å². The van der Waals surface area contributed by atoms with Crippen molar-refractivity contribution in [2.24, 2.45) is 0 Å². The molecule has 0 saturated carbocycles. The summed E-state index contributed by atoms with van der Waals surface area (Å²) in [5.74, 6) is 0.174. The highest BCUT2D eigenvalue weighted by Gasteiger charge is 2.09. The monoisotopic (exact) mass is 356 g/mol. The summed E-state index contributed by atoms with van der Waals surface area (Å²) in [7, 11) is 0. The van der Waals surface area contributed by atoms with Crippen molar-refractivity contribution in [1.82, 2.24) is 0 Å². The zero-order valence-electron chi connectivity index (χ0n) is 15.0. The second kappa shape index (κ2) is 8.62. The van der Waals surface area contributed by atoms with E-state index < -0.39 is 0 Å². The molecular weight excluding hydrogens is 332 g/mol. The molecule has 5 heteroatoms. The second-order valence-electron chi connectivity index (χ2n) is 6.39. The van der Waals surface area contributed by atoms with Gasteiger partial charge in [0.1, 0.15) is 0 Å². The topological polar surface area (TPSA) is 50.4 Å². The Kier molecular flexibility index (Phi) is 6.53. The highest BCUT2D eigenvalue weighted by atomic mass is 32.1. The normalized spacial score (nSPS) is 10.6. The zero-order chi connectivity index (χ0) is 18.4. The van der Waals surface area contributed by atoms with E-state index in [9.17, 15) is 4.79 Å². The molecule has 2 N–H and O–H groups in total. The first-order chi connectivity index (χ1) is 11.8. The number of carbonyl (C=O) groups excluding carboxylic acids is 1. The standard InChI is InChI=1S/C20H24N2O2S/c1-13(2)15-5-9-17(10-6-15)21-20(25)22-18-11-7-16(8-12-18)19(23)24-14(3)4/h5-14H,1-4H3,(H2,21,22,25). The molecule has 132 valence electrons. The van der Waals surface area contributed by atoms with Crippen molar-refractivity contribution in [3.05, 3.63) is 59.7 Å². The minimum Gasteiger partial charge on any atom is -0.459 e. The lowest BCUT2D eigenvalue weighted by molar-refractivity contribution is 0.0378. The van der Waals surface area contributed by atoms with Gasteiger partial charge in [-0.05, 0) is 73.9 Å². The Morgan fingerprint density at radius 2 is 1.36 bits per heavy atom. The third kappa shape index (κ3) is 5.87. The molecule has 0 saturated heterocycles. The van der Waals surface area contributed by atoms with Gasteiger partial charge < -0.3 is 15.4 Å². The van der Waals surface area contributed by atoms with Gasteiger partial charge in [0.25, 0.3) is 0 Å². The maximum atomic E-state index is 11.8. The van der Waals surface area contributed by atoms with Crippen molar-refractivity contribution in [2.45, 2.75) is 39.7 Å². The van der Waals surface area contributed by atoms with E-state index in [1.165, 1.54) is 5.56 Å². The molecule has 0 atom stereocenters. The molecule has 25 heavy (non-hydrogen) atoms. The zero-order valence-corrected chi connectivity index (χ0v) is 15.8. The lowest BCUT2D eigenvalue weighted by Gasteiger charge is -2.12. The highest BCUT2D eigenvalue weighted by Crippen LogP contribution is 2.18. The van der Waals surface area contributed by atoms with Crippen molar-refractivity contribution in [2.75, 3.05) is 10.6 Å². The van der Waals surface area contributed by atoms with Gasteiger partial charge in [0.05, 0.1) is 11.7 Å². The molecule has 0 aliphatic heterocycles. The number of anilines is 2. The van der Waals surface area contributed by atoms with Crippen LogP contribution >= 0.6 is 12.2 Å². The molecule has 2 rings (SSSR count). The third-order valence-electron chi connectivity index (χ3n) is 3.56. The largest absolute Gasteiger partial charge is 0.459 e. The van der Waals surface area contributed by atoms with E-state index in [4.69, 9.17) is 17.0 Å². The Labute approximate surface area is 154 Å². The molecule has 0 amide bonds. The summed E-state index contributed by atoms with van der Waals surface area (Å²) in [5, 5.41) is 6.75. The SMILES string of the molecule is CC(C)OC(=O)c1ccc(NC(=S)Nc2ccc(C(C)C)cc2)cc1. The maximum absolute atomic E-state index is 11.8. The average Bonchev–Trinajstić information content (AvgIpc) is 2.55. The molecule has 2 aromatic carbocycles. The molecule has 0 aliphatic carbocycles. The van der Waals surface area contributed by atoms with Crippen molar-refractivity contribution >= 4 is 34.7 Å². The maximum Gasteiger partial charge on any atom is 0.338 e. The number of rotatable bonds is 5. The van der Waals surface area contributed by atoms with Crippen LogP contribution in [0.25, 0.3) is 0 Å². The van der Waals surface area contributed by atoms with Crippen LogP contribution in [0.1, 0.15) is 49.5 Å². The first kappa shape index (κ1) is 18.9. The summed E-state index contributed by atoms with van der Waals surface area (Å²) in [6, 6.07) is 15.2. The summed E-state index contributed by atoms with van der Waals surface area (Å²) >= 11 is 5.33. The van der Waals surface area contributed by atoms with Gasteiger partial charge in [-0.3, -0.25) is 0 Å². The fourth-order valence-electron chi connectivity index (χ4n) is 2.22. The molecule has 4 nitrogen and oxygen atoms in total. The minimum absolute atomic E-state index is 0.135. The van der Waals surface area contributed by atoms with Gasteiger partial charge in [0.2, 0.25) is 0 Å². The lowest BCUT2D eigenvalue weighted by atomic mass is 10.0. The van der Waals surface area contributed by atoms with Gasteiger partial charge in [-0.15, -0.1) is 0 Å². The summed E-state index contributed by atoms with van der Waals surface area (Å²) in [6.07, 6.45) is -0.135. The van der Waals surface area contributed by atoms with Crippen molar-refractivity contribution < 1.29 is 9.53 Å². The quantitative estimate of drug-likeness (QED) is 0.571. The van der Waals surface area contributed by atoms with Gasteiger partial charge >= 0.3 is 5.97 Å². The van der Waals surface area contributed by atoms with Crippen LogP contribution < -0.4 is 10.6 Å². The molecule has 0 unspecified atom stereocenters. The van der Waals surface area contributed by atoms with Crippen LogP contribution in [-0.2, 0) is 4.74 Å². The van der Waals surface area contributed by atoms with Crippen LogP contribution in [0.2, 0.25) is 0 Å². The van der Waals surface area contributed by atoms with Gasteiger partial charge in [-0.2, -0.15) is 0 Å². The Bertz CT molecular complexity index is 722. The van der Waals surface area contributed by atoms with Crippen molar-refractivity contribution in [1.29, 1.82) is 0 Å². The van der Waals surface area contributed by atoms with E-state index in [0.29, 0.717) is 16.6 Å². The Morgan fingerprint density at radius 1 is 0.880 bits per heavy atom. The number of nitrogens with one attached hydrogen (secondary N) is 2.